The van der Waals surface area contributed by atoms with Crippen LogP contribution in [0.15, 0.2) is 18.2 Å². The van der Waals surface area contributed by atoms with Crippen LogP contribution in [0.4, 0.5) is 18.9 Å². The minimum atomic E-state index is -4.47. The number of carbonyl (C=O) groups is 1. The summed E-state index contributed by atoms with van der Waals surface area (Å²) in [6.07, 6.45) is -1.40. The van der Waals surface area contributed by atoms with Gasteiger partial charge in [-0.15, -0.1) is 0 Å². The monoisotopic (exact) mass is 298 g/mol. The van der Waals surface area contributed by atoms with E-state index < -0.39 is 11.7 Å². The van der Waals surface area contributed by atoms with Crippen molar-refractivity contribution in [3.05, 3.63) is 29.3 Å². The van der Waals surface area contributed by atoms with Gasteiger partial charge in [0.05, 0.1) is 16.8 Å². The van der Waals surface area contributed by atoms with Crippen molar-refractivity contribution in [2.45, 2.75) is 31.5 Å². The SMILES string of the molecule is CNc1c(C(=O)N2CC3CCC2C3)cccc1C(F)(F)F. The lowest BCUT2D eigenvalue weighted by Gasteiger charge is -2.28. The zero-order valence-electron chi connectivity index (χ0n) is 11.7. The summed E-state index contributed by atoms with van der Waals surface area (Å²) in [5, 5.41) is 2.55. The first kappa shape index (κ1) is 14.2. The first-order chi connectivity index (χ1) is 9.91. The van der Waals surface area contributed by atoms with Crippen LogP contribution in [0.3, 0.4) is 0 Å². The third-order valence-electron chi connectivity index (χ3n) is 4.52. The van der Waals surface area contributed by atoms with Crippen LogP contribution in [0.1, 0.15) is 35.2 Å². The summed E-state index contributed by atoms with van der Waals surface area (Å²) < 4.78 is 39.1. The number of anilines is 1. The first-order valence-corrected chi connectivity index (χ1v) is 7.10. The van der Waals surface area contributed by atoms with E-state index in [-0.39, 0.29) is 23.2 Å². The second-order valence-electron chi connectivity index (χ2n) is 5.77. The van der Waals surface area contributed by atoms with E-state index in [1.165, 1.54) is 19.2 Å². The van der Waals surface area contributed by atoms with Crippen LogP contribution >= 0.6 is 0 Å². The number of rotatable bonds is 2. The second-order valence-corrected chi connectivity index (χ2v) is 5.77. The number of likely N-dealkylation sites (tertiary alicyclic amines) is 1. The minimum absolute atomic E-state index is 0.111. The van der Waals surface area contributed by atoms with Gasteiger partial charge in [-0.2, -0.15) is 13.2 Å². The lowest BCUT2D eigenvalue weighted by atomic mass is 10.0. The number of benzene rings is 1. The lowest BCUT2D eigenvalue weighted by molar-refractivity contribution is -0.136. The fraction of sp³-hybridized carbons (Fsp3) is 0.533. The van der Waals surface area contributed by atoms with Gasteiger partial charge in [0.15, 0.2) is 0 Å². The highest BCUT2D eigenvalue weighted by molar-refractivity contribution is 6.00. The largest absolute Gasteiger partial charge is 0.418 e. The molecular weight excluding hydrogens is 281 g/mol. The number of nitrogens with zero attached hydrogens (tertiary/aromatic N) is 1. The highest BCUT2D eigenvalue weighted by Gasteiger charge is 2.42. The number of hydrogen-bond donors (Lipinski definition) is 1. The van der Waals surface area contributed by atoms with Gasteiger partial charge < -0.3 is 10.2 Å². The van der Waals surface area contributed by atoms with Crippen LogP contribution in [-0.2, 0) is 6.18 Å². The van der Waals surface area contributed by atoms with Crippen molar-refractivity contribution in [1.29, 1.82) is 0 Å². The van der Waals surface area contributed by atoms with Crippen LogP contribution in [0.5, 0.6) is 0 Å². The molecule has 1 amide bonds. The average Bonchev–Trinajstić information content (AvgIpc) is 3.07. The number of alkyl halides is 3. The molecule has 2 fully saturated rings. The molecule has 0 spiro atoms. The zero-order valence-corrected chi connectivity index (χ0v) is 11.7. The molecule has 114 valence electrons. The van der Waals surface area contributed by atoms with E-state index in [4.69, 9.17) is 0 Å². The molecule has 6 heteroatoms. The number of para-hydroxylation sites is 1. The molecule has 1 aliphatic heterocycles. The molecule has 0 aromatic heterocycles. The van der Waals surface area contributed by atoms with E-state index in [1.807, 2.05) is 0 Å². The van der Waals surface area contributed by atoms with Crippen LogP contribution < -0.4 is 5.32 Å². The van der Waals surface area contributed by atoms with Crippen molar-refractivity contribution in [2.24, 2.45) is 5.92 Å². The number of amides is 1. The van der Waals surface area contributed by atoms with E-state index in [0.717, 1.165) is 25.3 Å². The maximum absolute atomic E-state index is 13.0. The molecule has 3 nitrogen and oxygen atoms in total. The molecule has 1 saturated heterocycles. The molecule has 1 heterocycles. The Morgan fingerprint density at radius 2 is 2.10 bits per heavy atom. The van der Waals surface area contributed by atoms with E-state index in [2.05, 4.69) is 5.32 Å². The standard InChI is InChI=1S/C15H17F3N2O/c1-19-13-11(3-2-4-12(13)15(16,17)18)14(21)20-8-9-5-6-10(20)7-9/h2-4,9-10,19H,5-8H2,1H3. The number of piperidine rings is 1. The molecule has 1 aromatic carbocycles. The number of halogens is 3. The molecule has 1 aliphatic carbocycles. The van der Waals surface area contributed by atoms with Gasteiger partial charge >= 0.3 is 6.18 Å². The van der Waals surface area contributed by atoms with E-state index in [9.17, 15) is 18.0 Å². The first-order valence-electron chi connectivity index (χ1n) is 7.10. The lowest BCUT2D eigenvalue weighted by Crippen LogP contribution is -2.38. The number of carbonyl (C=O) groups excluding carboxylic acids is 1. The van der Waals surface area contributed by atoms with Gasteiger partial charge in [0.1, 0.15) is 0 Å². The van der Waals surface area contributed by atoms with E-state index >= 15 is 0 Å². The van der Waals surface area contributed by atoms with Crippen molar-refractivity contribution < 1.29 is 18.0 Å². The predicted molar refractivity (Wildman–Crippen MR) is 73.2 cm³/mol. The van der Waals surface area contributed by atoms with Crippen molar-refractivity contribution in [2.75, 3.05) is 18.9 Å². The van der Waals surface area contributed by atoms with Gasteiger partial charge in [-0.3, -0.25) is 4.79 Å². The third-order valence-corrected chi connectivity index (χ3v) is 4.52. The van der Waals surface area contributed by atoms with Gasteiger partial charge in [-0.1, -0.05) is 6.07 Å². The molecule has 1 saturated carbocycles. The van der Waals surface area contributed by atoms with Gasteiger partial charge in [0.2, 0.25) is 0 Å². The quantitative estimate of drug-likeness (QED) is 0.908. The Morgan fingerprint density at radius 1 is 1.33 bits per heavy atom. The average molecular weight is 298 g/mol. The summed E-state index contributed by atoms with van der Waals surface area (Å²) in [6, 6.07) is 3.96. The second kappa shape index (κ2) is 4.93. The van der Waals surface area contributed by atoms with Crippen molar-refractivity contribution in [1.82, 2.24) is 4.90 Å². The highest BCUT2D eigenvalue weighted by atomic mass is 19.4. The van der Waals surface area contributed by atoms with Crippen LogP contribution in [0.2, 0.25) is 0 Å². The van der Waals surface area contributed by atoms with Crippen LogP contribution in [0.25, 0.3) is 0 Å². The summed E-state index contributed by atoms with van der Waals surface area (Å²) >= 11 is 0. The summed E-state index contributed by atoms with van der Waals surface area (Å²) in [5.41, 5.74) is -0.808. The normalized spacial score (nSPS) is 24.5. The molecule has 0 radical (unpaired) electrons. The maximum Gasteiger partial charge on any atom is 0.418 e. The molecule has 1 aromatic rings. The van der Waals surface area contributed by atoms with Crippen LogP contribution in [-0.4, -0.2) is 30.4 Å². The Bertz CT molecular complexity index is 571. The molecule has 2 unspecified atom stereocenters. The van der Waals surface area contributed by atoms with E-state index in [1.54, 1.807) is 4.90 Å². The number of fused-ring (bicyclic) bond motifs is 2. The summed E-state index contributed by atoms with van der Waals surface area (Å²) in [4.78, 5) is 14.4. The molecule has 21 heavy (non-hydrogen) atoms. The van der Waals surface area contributed by atoms with Gasteiger partial charge in [-0.05, 0) is 37.3 Å². The Kier molecular flexibility index (Phi) is 3.34. The third kappa shape index (κ3) is 2.36. The molecule has 3 rings (SSSR count). The fourth-order valence-electron chi connectivity index (χ4n) is 3.56. The zero-order chi connectivity index (χ0) is 15.2. The maximum atomic E-state index is 13.0. The molecule has 1 N–H and O–H groups in total. The minimum Gasteiger partial charge on any atom is -0.387 e. The number of nitrogens with one attached hydrogen (secondary N) is 1. The van der Waals surface area contributed by atoms with Crippen molar-refractivity contribution in [3.8, 4) is 0 Å². The van der Waals surface area contributed by atoms with Crippen molar-refractivity contribution in [3.63, 3.8) is 0 Å². The highest BCUT2D eigenvalue weighted by Crippen LogP contribution is 2.40. The molecule has 2 atom stereocenters. The Balaban J connectivity index is 1.97. The van der Waals surface area contributed by atoms with Crippen molar-refractivity contribution >= 4 is 11.6 Å². The molecule has 2 aliphatic rings. The summed E-state index contributed by atoms with van der Waals surface area (Å²) in [5.74, 6) is 0.223. The van der Waals surface area contributed by atoms with Gasteiger partial charge in [-0.25, -0.2) is 0 Å². The number of hydrogen-bond acceptors (Lipinski definition) is 2. The smallest absolute Gasteiger partial charge is 0.387 e. The van der Waals surface area contributed by atoms with Gasteiger partial charge in [0.25, 0.3) is 5.91 Å². The predicted octanol–water partition coefficient (Wildman–Crippen LogP) is 3.37. The summed E-state index contributed by atoms with van der Waals surface area (Å²) in [6.45, 7) is 0.670. The molecular formula is C15H17F3N2O. The van der Waals surface area contributed by atoms with Gasteiger partial charge in [0, 0.05) is 19.6 Å². The topological polar surface area (TPSA) is 32.3 Å². The van der Waals surface area contributed by atoms with Crippen LogP contribution in [0, 0.1) is 5.92 Å². The Hall–Kier alpha value is -1.72. The Labute approximate surface area is 121 Å². The Morgan fingerprint density at radius 3 is 2.62 bits per heavy atom. The molecule has 2 bridgehead atoms. The summed E-state index contributed by atoms with van der Waals surface area (Å²) in [7, 11) is 1.41. The van der Waals surface area contributed by atoms with E-state index in [0.29, 0.717) is 12.5 Å². The fourth-order valence-corrected chi connectivity index (χ4v) is 3.56.